The topological polar surface area (TPSA) is 62.3 Å². The molecule has 1 N–H and O–H groups in total. The number of amides is 2. The van der Waals surface area contributed by atoms with Gasteiger partial charge in [0.1, 0.15) is 0 Å². The molecule has 0 unspecified atom stereocenters. The Morgan fingerprint density at radius 2 is 1.96 bits per heavy atom. The molecule has 0 atom stereocenters. The van der Waals surface area contributed by atoms with E-state index in [0.29, 0.717) is 19.6 Å². The van der Waals surface area contributed by atoms with Crippen LogP contribution in [0, 0.1) is 5.92 Å². The number of nitrogens with one attached hydrogen (secondary N) is 1. The van der Waals surface area contributed by atoms with Crippen LogP contribution in [-0.4, -0.2) is 41.3 Å². The number of carbonyl (C=O) groups excluding carboxylic acids is 2. The SMILES string of the molecule is CC(=O)N1CCC(C(=O)NCCc2scnc2-c2ccccc2)CC1. The minimum atomic E-state index is 0.0191. The Hall–Kier alpha value is -2.21. The van der Waals surface area contributed by atoms with Crippen molar-refractivity contribution >= 4 is 23.2 Å². The molecule has 3 rings (SSSR count). The molecule has 2 amide bonds. The van der Waals surface area contributed by atoms with E-state index in [-0.39, 0.29) is 17.7 Å². The van der Waals surface area contributed by atoms with Crippen LogP contribution in [0.5, 0.6) is 0 Å². The van der Waals surface area contributed by atoms with Crippen molar-refractivity contribution in [3.63, 3.8) is 0 Å². The average Bonchev–Trinajstić information content (AvgIpc) is 3.11. The number of rotatable bonds is 5. The molecule has 1 aliphatic heterocycles. The Labute approximate surface area is 152 Å². The normalized spacial score (nSPS) is 15.2. The van der Waals surface area contributed by atoms with Crippen LogP contribution in [0.2, 0.25) is 0 Å². The standard InChI is InChI=1S/C19H23N3O2S/c1-14(23)22-11-8-16(9-12-22)19(24)20-10-7-17-18(21-13-25-17)15-5-3-2-4-6-15/h2-6,13,16H,7-12H2,1H3,(H,20,24). The molecule has 1 aliphatic rings. The summed E-state index contributed by atoms with van der Waals surface area (Å²) in [5.74, 6) is 0.220. The van der Waals surface area contributed by atoms with Crippen molar-refractivity contribution in [2.24, 2.45) is 5.92 Å². The van der Waals surface area contributed by atoms with Gasteiger partial charge in [-0.05, 0) is 12.8 Å². The van der Waals surface area contributed by atoms with Crippen LogP contribution in [-0.2, 0) is 16.0 Å². The molecule has 6 heteroatoms. The van der Waals surface area contributed by atoms with Crippen molar-refractivity contribution in [1.29, 1.82) is 0 Å². The predicted molar refractivity (Wildman–Crippen MR) is 99.2 cm³/mol. The fourth-order valence-electron chi connectivity index (χ4n) is 3.18. The third-order valence-electron chi connectivity index (χ3n) is 4.65. The number of thiazole rings is 1. The first kappa shape index (κ1) is 17.6. The summed E-state index contributed by atoms with van der Waals surface area (Å²) in [7, 11) is 0. The quantitative estimate of drug-likeness (QED) is 0.895. The van der Waals surface area contributed by atoms with Gasteiger partial charge in [0.2, 0.25) is 11.8 Å². The van der Waals surface area contributed by atoms with Gasteiger partial charge in [0.15, 0.2) is 0 Å². The molecule has 0 radical (unpaired) electrons. The van der Waals surface area contributed by atoms with Crippen molar-refractivity contribution < 1.29 is 9.59 Å². The maximum atomic E-state index is 12.3. The Bertz CT molecular complexity index is 721. The third-order valence-corrected chi connectivity index (χ3v) is 5.54. The molecule has 1 aromatic heterocycles. The predicted octanol–water partition coefficient (Wildman–Crippen LogP) is 2.73. The van der Waals surface area contributed by atoms with Crippen LogP contribution in [0.4, 0.5) is 0 Å². The lowest BCUT2D eigenvalue weighted by molar-refractivity contribution is -0.133. The monoisotopic (exact) mass is 357 g/mol. The second-order valence-electron chi connectivity index (χ2n) is 6.31. The first-order valence-electron chi connectivity index (χ1n) is 8.66. The molecule has 25 heavy (non-hydrogen) atoms. The van der Waals surface area contributed by atoms with E-state index in [0.717, 1.165) is 30.5 Å². The fourth-order valence-corrected chi connectivity index (χ4v) is 3.97. The second kappa shape index (κ2) is 8.25. The molecule has 0 aliphatic carbocycles. The number of benzene rings is 1. The summed E-state index contributed by atoms with van der Waals surface area (Å²) in [6, 6.07) is 10.1. The van der Waals surface area contributed by atoms with Crippen molar-refractivity contribution in [3.8, 4) is 11.3 Å². The third kappa shape index (κ3) is 4.45. The number of nitrogens with zero attached hydrogens (tertiary/aromatic N) is 2. The van der Waals surface area contributed by atoms with Crippen LogP contribution in [0.25, 0.3) is 11.3 Å². The van der Waals surface area contributed by atoms with E-state index >= 15 is 0 Å². The van der Waals surface area contributed by atoms with E-state index in [4.69, 9.17) is 0 Å². The van der Waals surface area contributed by atoms with Gasteiger partial charge in [-0.3, -0.25) is 9.59 Å². The van der Waals surface area contributed by atoms with Gasteiger partial charge < -0.3 is 10.2 Å². The number of likely N-dealkylation sites (tertiary alicyclic amines) is 1. The van der Waals surface area contributed by atoms with Gasteiger partial charge in [-0.25, -0.2) is 4.98 Å². The second-order valence-corrected chi connectivity index (χ2v) is 7.25. The van der Waals surface area contributed by atoms with Crippen molar-refractivity contribution in [1.82, 2.24) is 15.2 Å². The summed E-state index contributed by atoms with van der Waals surface area (Å²) in [6.07, 6.45) is 2.29. The summed E-state index contributed by atoms with van der Waals surface area (Å²) < 4.78 is 0. The van der Waals surface area contributed by atoms with Crippen molar-refractivity contribution in [2.75, 3.05) is 19.6 Å². The van der Waals surface area contributed by atoms with Gasteiger partial charge in [0.25, 0.3) is 0 Å². The van der Waals surface area contributed by atoms with Crippen LogP contribution in [0.15, 0.2) is 35.8 Å². The summed E-state index contributed by atoms with van der Waals surface area (Å²) in [5, 5.41) is 3.05. The summed E-state index contributed by atoms with van der Waals surface area (Å²) in [4.78, 5) is 31.2. The molecule has 1 fully saturated rings. The lowest BCUT2D eigenvalue weighted by atomic mass is 9.96. The highest BCUT2D eigenvalue weighted by Gasteiger charge is 2.25. The molecule has 2 aromatic rings. The number of carbonyl (C=O) groups is 2. The minimum absolute atomic E-state index is 0.0191. The molecule has 0 spiro atoms. The lowest BCUT2D eigenvalue weighted by Gasteiger charge is -2.30. The molecular weight excluding hydrogens is 334 g/mol. The Kier molecular flexibility index (Phi) is 5.81. The van der Waals surface area contributed by atoms with Gasteiger partial charge in [-0.2, -0.15) is 0 Å². The van der Waals surface area contributed by atoms with E-state index < -0.39 is 0 Å². The van der Waals surface area contributed by atoms with E-state index in [1.54, 1.807) is 18.3 Å². The number of piperidine rings is 1. The van der Waals surface area contributed by atoms with E-state index in [1.165, 1.54) is 4.88 Å². The van der Waals surface area contributed by atoms with E-state index in [9.17, 15) is 9.59 Å². The van der Waals surface area contributed by atoms with Crippen LogP contribution < -0.4 is 5.32 Å². The first-order chi connectivity index (χ1) is 12.1. The maximum Gasteiger partial charge on any atom is 0.223 e. The highest BCUT2D eigenvalue weighted by molar-refractivity contribution is 7.10. The minimum Gasteiger partial charge on any atom is -0.355 e. The zero-order valence-corrected chi connectivity index (χ0v) is 15.2. The Morgan fingerprint density at radius 3 is 2.64 bits per heavy atom. The Balaban J connectivity index is 1.49. The maximum absolute atomic E-state index is 12.3. The molecule has 1 saturated heterocycles. The molecular formula is C19H23N3O2S. The van der Waals surface area contributed by atoms with Crippen LogP contribution in [0.1, 0.15) is 24.6 Å². The van der Waals surface area contributed by atoms with Crippen LogP contribution >= 0.6 is 11.3 Å². The van der Waals surface area contributed by atoms with Gasteiger partial charge in [-0.1, -0.05) is 30.3 Å². The van der Waals surface area contributed by atoms with Gasteiger partial charge >= 0.3 is 0 Å². The molecule has 0 saturated carbocycles. The summed E-state index contributed by atoms with van der Waals surface area (Å²) >= 11 is 1.63. The zero-order valence-electron chi connectivity index (χ0n) is 14.4. The Morgan fingerprint density at radius 1 is 1.24 bits per heavy atom. The molecule has 5 nitrogen and oxygen atoms in total. The molecule has 2 heterocycles. The molecule has 1 aromatic carbocycles. The van der Waals surface area contributed by atoms with Gasteiger partial charge in [0, 0.05) is 49.3 Å². The van der Waals surface area contributed by atoms with Crippen molar-refractivity contribution in [3.05, 3.63) is 40.7 Å². The molecule has 0 bridgehead atoms. The number of hydrogen-bond donors (Lipinski definition) is 1. The smallest absolute Gasteiger partial charge is 0.223 e. The zero-order chi connectivity index (χ0) is 17.6. The molecule has 132 valence electrons. The van der Waals surface area contributed by atoms with Crippen LogP contribution in [0.3, 0.4) is 0 Å². The summed E-state index contributed by atoms with van der Waals surface area (Å²) in [6.45, 7) is 3.56. The highest BCUT2D eigenvalue weighted by Crippen LogP contribution is 2.25. The largest absolute Gasteiger partial charge is 0.355 e. The van der Waals surface area contributed by atoms with E-state index in [2.05, 4.69) is 22.4 Å². The van der Waals surface area contributed by atoms with Gasteiger partial charge in [-0.15, -0.1) is 11.3 Å². The van der Waals surface area contributed by atoms with Gasteiger partial charge in [0.05, 0.1) is 11.2 Å². The van der Waals surface area contributed by atoms with Crippen molar-refractivity contribution in [2.45, 2.75) is 26.2 Å². The highest BCUT2D eigenvalue weighted by atomic mass is 32.1. The fraction of sp³-hybridized carbons (Fsp3) is 0.421. The average molecular weight is 357 g/mol. The number of aromatic nitrogens is 1. The first-order valence-corrected chi connectivity index (χ1v) is 9.54. The van der Waals surface area contributed by atoms with E-state index in [1.807, 2.05) is 28.6 Å². The lowest BCUT2D eigenvalue weighted by Crippen LogP contribution is -2.42. The summed E-state index contributed by atoms with van der Waals surface area (Å²) in [5.41, 5.74) is 3.98. The number of hydrogen-bond acceptors (Lipinski definition) is 4.